The maximum absolute atomic E-state index is 4.52. The highest BCUT2D eigenvalue weighted by Gasteiger charge is 2.05. The summed E-state index contributed by atoms with van der Waals surface area (Å²) in [7, 11) is 0. The van der Waals surface area contributed by atoms with Crippen molar-refractivity contribution in [1.29, 1.82) is 0 Å². The van der Waals surface area contributed by atoms with Crippen LogP contribution in [0.4, 0.5) is 0 Å². The van der Waals surface area contributed by atoms with E-state index in [1.165, 1.54) is 33.9 Å². The van der Waals surface area contributed by atoms with Crippen LogP contribution in [0.3, 0.4) is 0 Å². The maximum atomic E-state index is 4.52. The summed E-state index contributed by atoms with van der Waals surface area (Å²) in [6.45, 7) is 4.34. The summed E-state index contributed by atoms with van der Waals surface area (Å²) in [5, 5.41) is 1.12. The van der Waals surface area contributed by atoms with Crippen LogP contribution in [0, 0.1) is 6.92 Å². The molecule has 1 nitrogen and oxygen atoms in total. The van der Waals surface area contributed by atoms with E-state index in [0.717, 1.165) is 5.03 Å². The summed E-state index contributed by atoms with van der Waals surface area (Å²) in [5.41, 5.74) is 1.29. The van der Waals surface area contributed by atoms with Gasteiger partial charge in [0.05, 0.1) is 0 Å². The van der Waals surface area contributed by atoms with Crippen LogP contribution in [-0.4, -0.2) is 10.7 Å². The highest BCUT2D eigenvalue weighted by molar-refractivity contribution is 8.02. The Morgan fingerprint density at radius 2 is 1.89 bits per heavy atom. The van der Waals surface area contributed by atoms with Crippen molar-refractivity contribution in [3.8, 4) is 0 Å². The third-order valence-corrected chi connectivity index (χ3v) is 5.02. The highest BCUT2D eigenvalue weighted by Crippen LogP contribution is 2.34. The van der Waals surface area contributed by atoms with Gasteiger partial charge in [-0.1, -0.05) is 42.8 Å². The smallest absolute Gasteiger partial charge is 0.114 e. The number of unbranched alkanes of at least 4 members (excludes halogenated alkanes) is 1. The van der Waals surface area contributed by atoms with Crippen LogP contribution in [-0.2, 0) is 0 Å². The molecule has 2 aromatic rings. The largest absolute Gasteiger partial charge is 0.248 e. The number of nitrogens with zero attached hydrogens (tertiary/aromatic N) is 1. The second kappa shape index (κ2) is 7.61. The van der Waals surface area contributed by atoms with Gasteiger partial charge in [0.2, 0.25) is 0 Å². The molecule has 1 aromatic carbocycles. The summed E-state index contributed by atoms with van der Waals surface area (Å²) >= 11 is 3.66. The molecular formula is C16H19NS2. The number of pyridine rings is 1. The molecule has 0 fully saturated rings. The van der Waals surface area contributed by atoms with Gasteiger partial charge < -0.3 is 0 Å². The van der Waals surface area contributed by atoms with E-state index >= 15 is 0 Å². The lowest BCUT2D eigenvalue weighted by molar-refractivity contribution is 0.894. The third-order valence-electron chi connectivity index (χ3n) is 2.73. The SMILES string of the molecule is CCCCSc1cccnc1Sc1ccc(C)cc1. The van der Waals surface area contributed by atoms with Gasteiger partial charge >= 0.3 is 0 Å². The fourth-order valence-electron chi connectivity index (χ4n) is 1.61. The van der Waals surface area contributed by atoms with Gasteiger partial charge in [-0.15, -0.1) is 11.8 Å². The minimum atomic E-state index is 1.12. The number of aryl methyl sites for hydroxylation is 1. The highest BCUT2D eigenvalue weighted by atomic mass is 32.2. The van der Waals surface area contributed by atoms with E-state index in [-0.39, 0.29) is 0 Å². The van der Waals surface area contributed by atoms with Crippen LogP contribution in [0.25, 0.3) is 0 Å². The van der Waals surface area contributed by atoms with Crippen LogP contribution in [0.2, 0.25) is 0 Å². The van der Waals surface area contributed by atoms with Crippen molar-refractivity contribution in [2.24, 2.45) is 0 Å². The topological polar surface area (TPSA) is 12.9 Å². The lowest BCUT2D eigenvalue weighted by atomic mass is 10.2. The van der Waals surface area contributed by atoms with Gasteiger partial charge in [0.1, 0.15) is 5.03 Å². The Kier molecular flexibility index (Phi) is 5.80. The van der Waals surface area contributed by atoms with Crippen LogP contribution < -0.4 is 0 Å². The number of thioether (sulfide) groups is 1. The molecule has 1 aromatic heterocycles. The molecule has 0 bridgehead atoms. The van der Waals surface area contributed by atoms with Crippen molar-refractivity contribution in [3.63, 3.8) is 0 Å². The molecule has 0 aliphatic carbocycles. The van der Waals surface area contributed by atoms with Gasteiger partial charge in [-0.25, -0.2) is 4.98 Å². The second-order valence-electron chi connectivity index (χ2n) is 4.42. The minimum absolute atomic E-state index is 1.12. The van der Waals surface area contributed by atoms with Gasteiger partial charge in [0, 0.05) is 16.0 Å². The molecule has 0 spiro atoms. The fourth-order valence-corrected chi connectivity index (χ4v) is 3.69. The van der Waals surface area contributed by atoms with Crippen LogP contribution >= 0.6 is 23.5 Å². The van der Waals surface area contributed by atoms with Crippen molar-refractivity contribution < 1.29 is 0 Å². The first-order valence-corrected chi connectivity index (χ1v) is 8.42. The summed E-state index contributed by atoms with van der Waals surface area (Å²) in [6, 6.07) is 12.8. The van der Waals surface area contributed by atoms with Gasteiger partial charge in [-0.3, -0.25) is 0 Å². The normalized spacial score (nSPS) is 10.6. The number of hydrogen-bond acceptors (Lipinski definition) is 3. The Bertz CT molecular complexity index is 508. The predicted octanol–water partition coefficient (Wildman–Crippen LogP) is 5.43. The van der Waals surface area contributed by atoms with Gasteiger partial charge in [0.15, 0.2) is 0 Å². The van der Waals surface area contributed by atoms with E-state index in [0.29, 0.717) is 0 Å². The molecule has 19 heavy (non-hydrogen) atoms. The van der Waals surface area contributed by atoms with E-state index in [2.05, 4.69) is 49.2 Å². The molecule has 0 aliphatic heterocycles. The van der Waals surface area contributed by atoms with Gasteiger partial charge in [-0.2, -0.15) is 0 Å². The lowest BCUT2D eigenvalue weighted by Gasteiger charge is -2.07. The predicted molar refractivity (Wildman–Crippen MR) is 85.2 cm³/mol. The molecule has 3 heteroatoms. The average Bonchev–Trinajstić information content (AvgIpc) is 2.43. The Hall–Kier alpha value is -0.930. The van der Waals surface area contributed by atoms with Gasteiger partial charge in [-0.05, 0) is 43.4 Å². The fraction of sp³-hybridized carbons (Fsp3) is 0.312. The molecule has 0 unspecified atom stereocenters. The molecule has 1 heterocycles. The zero-order valence-corrected chi connectivity index (χ0v) is 13.1. The molecule has 0 amide bonds. The molecule has 0 radical (unpaired) electrons. The molecule has 2 rings (SSSR count). The molecule has 0 aliphatic rings. The van der Waals surface area contributed by atoms with Crippen molar-refractivity contribution in [1.82, 2.24) is 4.98 Å². The maximum Gasteiger partial charge on any atom is 0.114 e. The van der Waals surface area contributed by atoms with Crippen molar-refractivity contribution >= 4 is 23.5 Å². The molecule has 0 atom stereocenters. The van der Waals surface area contributed by atoms with Crippen molar-refractivity contribution in [3.05, 3.63) is 48.2 Å². The van der Waals surface area contributed by atoms with Gasteiger partial charge in [0.25, 0.3) is 0 Å². The monoisotopic (exact) mass is 289 g/mol. The number of benzene rings is 1. The standard InChI is InChI=1S/C16H19NS2/c1-3-4-12-18-15-6-5-11-17-16(15)19-14-9-7-13(2)8-10-14/h5-11H,3-4,12H2,1-2H3. The quantitative estimate of drug-likeness (QED) is 0.519. The zero-order chi connectivity index (χ0) is 13.5. The van der Waals surface area contributed by atoms with E-state index in [4.69, 9.17) is 0 Å². The number of rotatable bonds is 6. The summed E-state index contributed by atoms with van der Waals surface area (Å²) < 4.78 is 0. The molecular weight excluding hydrogens is 270 g/mol. The Morgan fingerprint density at radius 1 is 1.11 bits per heavy atom. The average molecular weight is 289 g/mol. The van der Waals surface area contributed by atoms with Crippen LogP contribution in [0.15, 0.2) is 57.4 Å². The summed E-state index contributed by atoms with van der Waals surface area (Å²) in [5.74, 6) is 1.17. The minimum Gasteiger partial charge on any atom is -0.248 e. The van der Waals surface area contributed by atoms with E-state index in [9.17, 15) is 0 Å². The van der Waals surface area contributed by atoms with Crippen LogP contribution in [0.1, 0.15) is 25.3 Å². The number of aromatic nitrogens is 1. The molecule has 100 valence electrons. The van der Waals surface area contributed by atoms with Crippen LogP contribution in [0.5, 0.6) is 0 Å². The summed E-state index contributed by atoms with van der Waals surface area (Å²) in [6.07, 6.45) is 4.38. The first kappa shape index (κ1) is 14.5. The Morgan fingerprint density at radius 3 is 2.63 bits per heavy atom. The molecule has 0 N–H and O–H groups in total. The summed E-state index contributed by atoms with van der Waals surface area (Å²) in [4.78, 5) is 7.06. The molecule has 0 saturated heterocycles. The Balaban J connectivity index is 2.08. The van der Waals surface area contributed by atoms with E-state index in [1.54, 1.807) is 11.8 Å². The number of hydrogen-bond donors (Lipinski definition) is 0. The van der Waals surface area contributed by atoms with E-state index < -0.39 is 0 Å². The van der Waals surface area contributed by atoms with E-state index in [1.807, 2.05) is 24.0 Å². The Labute approximate surface area is 124 Å². The van der Waals surface area contributed by atoms with Crippen molar-refractivity contribution in [2.75, 3.05) is 5.75 Å². The zero-order valence-electron chi connectivity index (χ0n) is 11.4. The lowest BCUT2D eigenvalue weighted by Crippen LogP contribution is -1.86. The second-order valence-corrected chi connectivity index (χ2v) is 6.62. The first-order valence-electron chi connectivity index (χ1n) is 6.62. The third kappa shape index (κ3) is 4.59. The first-order chi connectivity index (χ1) is 9.29. The molecule has 0 saturated carbocycles. The van der Waals surface area contributed by atoms with Crippen molar-refractivity contribution in [2.45, 2.75) is 41.5 Å².